The third kappa shape index (κ3) is 27.9. The molecular formula is C102H76Br3Cl3N19O8+. The minimum Gasteiger partial charge on any atom is -0.399 e. The van der Waals surface area contributed by atoms with Crippen molar-refractivity contribution in [2.75, 3.05) is 37.6 Å². The second-order valence-electron chi connectivity index (χ2n) is 28.3. The second-order valence-corrected chi connectivity index (χ2v) is 32.1. The van der Waals surface area contributed by atoms with Gasteiger partial charge in [-0.2, -0.15) is 0 Å². The minimum absolute atomic E-state index is 0. The Hall–Kier alpha value is -16.4. The quantitative estimate of drug-likeness (QED) is 0.0122. The van der Waals surface area contributed by atoms with E-state index in [1.54, 1.807) is 61.2 Å². The molecule has 19 rings (SSSR count). The molecule has 0 bridgehead atoms. The molecule has 0 saturated carbocycles. The van der Waals surface area contributed by atoms with Crippen LogP contribution in [-0.2, 0) is 0 Å². The lowest BCUT2D eigenvalue weighted by Crippen LogP contribution is -2.17. The minimum atomic E-state index is -0.625. The van der Waals surface area contributed by atoms with Gasteiger partial charge in [0, 0.05) is 142 Å². The van der Waals surface area contributed by atoms with Crippen LogP contribution in [0.25, 0.3) is 56.5 Å². The number of anilines is 11. The fourth-order valence-corrected chi connectivity index (χ4v) is 14.7. The molecule has 8 N–H and O–H groups in total. The summed E-state index contributed by atoms with van der Waals surface area (Å²) < 4.78 is 6.30. The Morgan fingerprint density at radius 2 is 0.637 bits per heavy atom. The van der Waals surface area contributed by atoms with E-state index in [0.29, 0.717) is 43.1 Å². The number of carbonyl (C=O) groups excluding carboxylic acids is 4. The average molecular weight is 2040 g/mol. The molecule has 2 amide bonds. The highest BCUT2D eigenvalue weighted by atomic mass is 79.9. The topological polar surface area (TPSA) is 366 Å². The predicted molar refractivity (Wildman–Crippen MR) is 547 cm³/mol. The first-order valence-corrected chi connectivity index (χ1v) is 44.3. The summed E-state index contributed by atoms with van der Waals surface area (Å²) in [6.07, 6.45) is 9.79. The first-order valence-electron chi connectivity index (χ1n) is 40.8. The van der Waals surface area contributed by atoms with Crippen molar-refractivity contribution in [3.8, 4) is 34.2 Å². The zero-order valence-electron chi connectivity index (χ0n) is 71.7. The maximum Gasteiger partial charge on any atom is 1.00 e. The summed E-state index contributed by atoms with van der Waals surface area (Å²) in [6.45, 7) is 0. The van der Waals surface area contributed by atoms with E-state index in [-0.39, 0.29) is 46.7 Å². The van der Waals surface area contributed by atoms with Gasteiger partial charge in [-0.15, -0.1) is 0 Å². The smallest absolute Gasteiger partial charge is 0.399 e. The Bertz CT molecular complexity index is 6960. The number of hydrogen-bond acceptors (Lipinski definition) is 21. The largest absolute Gasteiger partial charge is 1.00 e. The number of pyridine rings is 6. The Kier molecular flexibility index (Phi) is 34.6. The lowest BCUT2D eigenvalue weighted by atomic mass is 10.1. The van der Waals surface area contributed by atoms with E-state index in [1.165, 1.54) is 60.9 Å². The first-order chi connectivity index (χ1) is 65.6. The Morgan fingerprint density at radius 3 is 0.993 bits per heavy atom. The molecule has 27 nitrogen and oxygen atoms in total. The van der Waals surface area contributed by atoms with Crippen LogP contribution in [0.4, 0.5) is 74.3 Å². The van der Waals surface area contributed by atoms with Crippen molar-refractivity contribution in [2.24, 2.45) is 0 Å². The van der Waals surface area contributed by atoms with Crippen molar-refractivity contribution in [3.63, 3.8) is 0 Å². The van der Waals surface area contributed by atoms with Gasteiger partial charge in [-0.3, -0.25) is 48.5 Å². The van der Waals surface area contributed by atoms with E-state index in [1.807, 2.05) is 243 Å². The van der Waals surface area contributed by atoms with Gasteiger partial charge in [-0.05, 0) is 236 Å². The molecule has 8 aromatic heterocycles. The standard InChI is InChI=1S/C30H23BrN6O2.C30H19BrN6.C12H11N.C11H9N3O2.C8H3BrCl2O2.C6H7N.C5H3ClN2O2/c31-22-18-20(29(38)36-25-13-7-15-32-27(25)34-23-9-3-1-4-10-23)17-21(19-22)30(39)37-26-14-8-16-33-28(26)35-24-11-5-2-6-12-24;31-22-18-20(27-34-25-13-7-15-32-29(25)36(27)23-9-3-1-4-10-23)17-21(19-22)28-35-26-14-8-16-33-30(26)37(28)24-11-5-2-6-12-24;1-3-7-11(8-4-1)13-12-9-5-2-6-10-12;15-14(16)10-7-4-8-12-11(10)13-9-5-2-1-3-6-9;9-6-2-4(7(10)12)1-5(3-6)8(11)13;7-6-4-2-1-3-5-6;6-5-4(8(9)10)2-1-3-7-5/h1-19H,(H,32,34)(H,33,35)(H,36,38)(H,37,39);1-19H;1-10,13H;1-8H,(H,12,13);1-3H;1-5H,7H2;1-3H/p+1. The number of nitrogen functional groups attached to an aromatic ring is 1. The van der Waals surface area contributed by atoms with Crippen LogP contribution in [0.15, 0.2) is 421 Å². The van der Waals surface area contributed by atoms with Crippen LogP contribution < -0.4 is 37.6 Å². The molecule has 0 radical (unpaired) electrons. The number of nitrogens with zero attached hydrogens (tertiary/aromatic N) is 12. The number of hydrogen-bond donors (Lipinski definition) is 7. The number of para-hydroxylation sites is 8. The molecule has 0 unspecified atom stereocenters. The lowest BCUT2D eigenvalue weighted by molar-refractivity contribution is -0.385. The average Bonchev–Trinajstić information content (AvgIpc) is 1.60. The number of imidazole rings is 2. The zero-order chi connectivity index (χ0) is 94.8. The van der Waals surface area contributed by atoms with E-state index in [4.69, 9.17) is 50.5 Å². The van der Waals surface area contributed by atoms with Gasteiger partial charge in [0.25, 0.3) is 22.3 Å². The highest BCUT2D eigenvalue weighted by Gasteiger charge is 2.23. The van der Waals surface area contributed by atoms with Crippen LogP contribution >= 0.6 is 82.6 Å². The molecule has 33 heteroatoms. The van der Waals surface area contributed by atoms with Gasteiger partial charge in [0.1, 0.15) is 22.7 Å². The number of fused-ring (bicyclic) bond motifs is 2. The number of halogens is 6. The van der Waals surface area contributed by atoms with Gasteiger partial charge in [0.15, 0.2) is 22.9 Å². The van der Waals surface area contributed by atoms with Crippen molar-refractivity contribution >= 4 is 202 Å². The van der Waals surface area contributed by atoms with Gasteiger partial charge >= 0.3 is 12.8 Å². The summed E-state index contributed by atoms with van der Waals surface area (Å²) in [6, 6.07) is 114. The van der Waals surface area contributed by atoms with Crippen molar-refractivity contribution < 1.29 is 30.5 Å². The highest BCUT2D eigenvalue weighted by Crippen LogP contribution is 2.37. The number of nitro groups is 2. The lowest BCUT2D eigenvalue weighted by Gasteiger charge is -2.14. The van der Waals surface area contributed by atoms with Crippen molar-refractivity contribution in [1.29, 1.82) is 0 Å². The van der Waals surface area contributed by atoms with E-state index in [2.05, 4.69) is 161 Å². The summed E-state index contributed by atoms with van der Waals surface area (Å²) in [5.74, 6) is 2.09. The maximum absolute atomic E-state index is 13.2. The Morgan fingerprint density at radius 1 is 0.333 bits per heavy atom. The molecule has 0 atom stereocenters. The number of nitrogens with one attached hydrogen (secondary N) is 6. The summed E-state index contributed by atoms with van der Waals surface area (Å²) in [7, 11) is 0. The fraction of sp³-hybridized carbons (Fsp3) is 0. The molecule has 19 aromatic rings. The molecule has 0 fully saturated rings. The van der Waals surface area contributed by atoms with E-state index >= 15 is 0 Å². The summed E-state index contributed by atoms with van der Waals surface area (Å²) in [5, 5.41) is 37.9. The van der Waals surface area contributed by atoms with Gasteiger partial charge in [-0.25, -0.2) is 39.9 Å². The van der Waals surface area contributed by atoms with Gasteiger partial charge in [0.05, 0.1) is 21.2 Å². The molecular weight excluding hydrogens is 1970 g/mol. The van der Waals surface area contributed by atoms with E-state index in [9.17, 15) is 39.4 Å². The van der Waals surface area contributed by atoms with Crippen molar-refractivity contribution in [2.45, 2.75) is 0 Å². The highest BCUT2D eigenvalue weighted by molar-refractivity contribution is 9.11. The molecule has 135 heavy (non-hydrogen) atoms. The van der Waals surface area contributed by atoms with Crippen molar-refractivity contribution in [1.82, 2.24) is 49.0 Å². The van der Waals surface area contributed by atoms with Gasteiger partial charge < -0.3 is 37.6 Å². The van der Waals surface area contributed by atoms with E-state index < -0.39 is 20.3 Å². The zero-order valence-corrected chi connectivity index (χ0v) is 77.7. The molecule has 0 spiro atoms. The number of amides is 2. The Balaban J connectivity index is 0.000000155. The number of rotatable bonds is 20. The SMILES string of the molecule is Brc1cc(-c2nc3cccnc3n2-c2ccccc2)cc(-c2nc3cccnc3n2-c2ccccc2)c1.Nc1ccccc1.O=C(Cl)c1cc(Br)cc(C(=O)Cl)c1.O=C(Nc1cccnc1Nc1ccccc1)c1cc(Br)cc(C(=O)Nc2cccnc2Nc2ccccc2)c1.O=[N+]([O-])c1cccnc1Cl.O=[N+]([O-])c1cccnc1Nc1ccccc1.[H+].c1ccc(Nc2ccccc2)cc1. The predicted octanol–water partition coefficient (Wildman–Crippen LogP) is 26.9. The molecule has 11 aromatic carbocycles. The summed E-state index contributed by atoms with van der Waals surface area (Å²) in [5.41, 5.74) is 19.9. The van der Waals surface area contributed by atoms with Gasteiger partial charge in [-0.1, -0.05) is 205 Å². The van der Waals surface area contributed by atoms with Crippen LogP contribution in [0, 0.1) is 20.2 Å². The van der Waals surface area contributed by atoms with Crippen LogP contribution in [0.2, 0.25) is 5.15 Å². The summed E-state index contributed by atoms with van der Waals surface area (Å²) >= 11 is 26.1. The third-order valence-corrected chi connectivity index (χ3v) is 20.9. The molecule has 8 heterocycles. The van der Waals surface area contributed by atoms with Gasteiger partial charge in [0.2, 0.25) is 11.0 Å². The van der Waals surface area contributed by atoms with Crippen LogP contribution in [0.5, 0.6) is 0 Å². The van der Waals surface area contributed by atoms with Crippen LogP contribution in [0.3, 0.4) is 0 Å². The van der Waals surface area contributed by atoms with E-state index in [0.717, 1.165) is 95.1 Å². The normalized spacial score (nSPS) is 10.3. The third-order valence-electron chi connectivity index (χ3n) is 18.8. The number of benzene rings is 11. The van der Waals surface area contributed by atoms with Crippen molar-refractivity contribution in [3.05, 3.63) is 468 Å². The molecule has 0 aliphatic heterocycles. The fourth-order valence-electron chi connectivity index (χ4n) is 12.8. The monoisotopic (exact) mass is 2040 g/mol. The molecule has 668 valence electrons. The molecule has 0 aliphatic carbocycles. The molecule has 0 aliphatic rings. The number of nitrogens with two attached hydrogens (primary N) is 1. The summed E-state index contributed by atoms with van der Waals surface area (Å²) in [4.78, 5) is 103. The maximum atomic E-state index is 13.2. The number of carbonyl (C=O) groups is 4. The number of aromatic nitrogens is 10. The van der Waals surface area contributed by atoms with Crippen LogP contribution in [-0.4, -0.2) is 81.2 Å². The second kappa shape index (κ2) is 48.5. The molecule has 0 saturated heterocycles. The Labute approximate surface area is 814 Å². The van der Waals surface area contributed by atoms with Crippen LogP contribution in [0.1, 0.15) is 42.9 Å². The first kappa shape index (κ1) is 96.2.